The van der Waals surface area contributed by atoms with Crippen molar-refractivity contribution in [3.63, 3.8) is 0 Å². The number of aromatic nitrogens is 1. The highest BCUT2D eigenvalue weighted by Gasteiger charge is 2.36. The van der Waals surface area contributed by atoms with Gasteiger partial charge in [0.15, 0.2) is 0 Å². The first-order chi connectivity index (χ1) is 19.3. The van der Waals surface area contributed by atoms with E-state index in [9.17, 15) is 15.0 Å². The second-order valence-electron chi connectivity index (χ2n) is 9.79. The fourth-order valence-electron chi connectivity index (χ4n) is 5.00. The third kappa shape index (κ3) is 6.54. The summed E-state index contributed by atoms with van der Waals surface area (Å²) in [6, 6.07) is 20.0. The van der Waals surface area contributed by atoms with Crippen LogP contribution in [0.4, 0.5) is 0 Å². The lowest BCUT2D eigenvalue weighted by Crippen LogP contribution is -2.46. The molecule has 0 radical (unpaired) electrons. The van der Waals surface area contributed by atoms with Crippen LogP contribution >= 0.6 is 23.2 Å². The molecule has 8 nitrogen and oxygen atoms in total. The smallest absolute Gasteiger partial charge is 0.260 e. The highest BCUT2D eigenvalue weighted by atomic mass is 35.5. The van der Waals surface area contributed by atoms with Crippen molar-refractivity contribution in [2.75, 3.05) is 19.7 Å². The summed E-state index contributed by atoms with van der Waals surface area (Å²) in [5.41, 5.74) is 4.05. The van der Waals surface area contributed by atoms with Crippen molar-refractivity contribution in [1.82, 2.24) is 15.2 Å². The summed E-state index contributed by atoms with van der Waals surface area (Å²) in [6.45, 7) is 2.45. The van der Waals surface area contributed by atoms with Crippen LogP contribution in [0.25, 0.3) is 10.9 Å². The van der Waals surface area contributed by atoms with E-state index < -0.39 is 12.5 Å². The summed E-state index contributed by atoms with van der Waals surface area (Å²) in [5.74, 6) is 0.978. The maximum atomic E-state index is 11.2. The Hall–Kier alpha value is -3.27. The van der Waals surface area contributed by atoms with Gasteiger partial charge in [-0.05, 0) is 72.1 Å². The van der Waals surface area contributed by atoms with Crippen LogP contribution in [0.1, 0.15) is 36.2 Å². The predicted octanol–water partition coefficient (Wildman–Crippen LogP) is 5.04. The first kappa shape index (κ1) is 28.3. The number of aromatic amines is 1. The molecule has 0 saturated heterocycles. The first-order valence-electron chi connectivity index (χ1n) is 13.1. The predicted molar refractivity (Wildman–Crippen MR) is 155 cm³/mol. The van der Waals surface area contributed by atoms with Crippen LogP contribution in [0.5, 0.6) is 11.5 Å². The minimum absolute atomic E-state index is 0.183. The van der Waals surface area contributed by atoms with E-state index in [0.29, 0.717) is 47.5 Å². The molecule has 1 aliphatic heterocycles. The third-order valence-electron chi connectivity index (χ3n) is 6.97. The van der Waals surface area contributed by atoms with Crippen molar-refractivity contribution >= 4 is 40.0 Å². The molecule has 1 amide bonds. The van der Waals surface area contributed by atoms with E-state index in [4.69, 9.17) is 32.7 Å². The number of halogens is 2. The fourth-order valence-corrected chi connectivity index (χ4v) is 5.30. The number of carbonyl (C=O) groups excluding carboxylic acids is 1. The molecule has 0 bridgehead atoms. The van der Waals surface area contributed by atoms with Gasteiger partial charge in [-0.2, -0.15) is 0 Å². The van der Waals surface area contributed by atoms with Crippen molar-refractivity contribution in [3.8, 4) is 11.5 Å². The van der Waals surface area contributed by atoms with E-state index >= 15 is 0 Å². The SMILES string of the molecule is CC(=O)NCC(O)CCOc1ccc(C2c3[nH]c4ccc(Cl)cc4c3CCN2C(O)Oc2ccc(Cl)cc2)cc1. The van der Waals surface area contributed by atoms with Crippen molar-refractivity contribution in [2.24, 2.45) is 0 Å². The molecule has 5 rings (SSSR count). The topological polar surface area (TPSA) is 107 Å². The molecule has 1 aromatic heterocycles. The molecular formula is C30H31Cl2N3O5. The highest BCUT2D eigenvalue weighted by Crippen LogP contribution is 2.40. The summed E-state index contributed by atoms with van der Waals surface area (Å²) in [4.78, 5) is 16.5. The Labute approximate surface area is 242 Å². The molecule has 0 spiro atoms. The van der Waals surface area contributed by atoms with Gasteiger partial charge < -0.3 is 30.0 Å². The van der Waals surface area contributed by atoms with Crippen LogP contribution in [0.3, 0.4) is 0 Å². The molecule has 3 aromatic carbocycles. The van der Waals surface area contributed by atoms with Gasteiger partial charge in [-0.25, -0.2) is 4.90 Å². The second-order valence-corrected chi connectivity index (χ2v) is 10.7. The van der Waals surface area contributed by atoms with E-state index in [0.717, 1.165) is 27.7 Å². The lowest BCUT2D eigenvalue weighted by atomic mass is 9.92. The number of fused-ring (bicyclic) bond motifs is 3. The van der Waals surface area contributed by atoms with Gasteiger partial charge in [0, 0.05) is 53.1 Å². The van der Waals surface area contributed by atoms with E-state index in [-0.39, 0.29) is 18.5 Å². The third-order valence-corrected chi connectivity index (χ3v) is 7.45. The molecule has 210 valence electrons. The van der Waals surface area contributed by atoms with E-state index in [1.807, 2.05) is 47.4 Å². The number of nitrogens with one attached hydrogen (secondary N) is 2. The quantitative estimate of drug-likeness (QED) is 0.195. The average molecular weight is 585 g/mol. The molecule has 3 unspecified atom stereocenters. The van der Waals surface area contributed by atoms with Crippen LogP contribution in [0.15, 0.2) is 66.7 Å². The Morgan fingerprint density at radius 1 is 1.05 bits per heavy atom. The number of amides is 1. The molecule has 4 N–H and O–H groups in total. The maximum Gasteiger partial charge on any atom is 0.260 e. The van der Waals surface area contributed by atoms with Gasteiger partial charge in [0.2, 0.25) is 5.91 Å². The Bertz CT molecular complexity index is 1460. The van der Waals surface area contributed by atoms with Crippen LogP contribution in [-0.4, -0.2) is 58.2 Å². The minimum atomic E-state index is -1.21. The molecule has 4 aromatic rings. The van der Waals surface area contributed by atoms with E-state index in [2.05, 4.69) is 10.3 Å². The van der Waals surface area contributed by atoms with Gasteiger partial charge in [-0.15, -0.1) is 0 Å². The van der Waals surface area contributed by atoms with Crippen LogP contribution in [0.2, 0.25) is 10.0 Å². The van der Waals surface area contributed by atoms with Crippen molar-refractivity contribution < 1.29 is 24.5 Å². The number of nitrogens with zero attached hydrogens (tertiary/aromatic N) is 1. The zero-order valence-electron chi connectivity index (χ0n) is 21.9. The Morgan fingerprint density at radius 2 is 1.75 bits per heavy atom. The molecular weight excluding hydrogens is 553 g/mol. The van der Waals surface area contributed by atoms with Gasteiger partial charge in [0.25, 0.3) is 6.41 Å². The average Bonchev–Trinajstić information content (AvgIpc) is 3.31. The molecule has 0 fully saturated rings. The molecule has 0 saturated carbocycles. The molecule has 2 heterocycles. The number of benzene rings is 3. The summed E-state index contributed by atoms with van der Waals surface area (Å²) in [6.07, 6.45) is -0.812. The lowest BCUT2D eigenvalue weighted by molar-refractivity contribution is -0.150. The van der Waals surface area contributed by atoms with Gasteiger partial charge in [-0.3, -0.25) is 4.79 Å². The fraction of sp³-hybridized carbons (Fsp3) is 0.300. The Balaban J connectivity index is 1.38. The molecule has 0 aliphatic carbocycles. The van der Waals surface area contributed by atoms with Crippen molar-refractivity contribution in [3.05, 3.63) is 93.6 Å². The molecule has 40 heavy (non-hydrogen) atoms. The molecule has 3 atom stereocenters. The Morgan fingerprint density at radius 3 is 2.48 bits per heavy atom. The summed E-state index contributed by atoms with van der Waals surface area (Å²) in [5, 5.41) is 26.2. The maximum absolute atomic E-state index is 11.2. The van der Waals surface area contributed by atoms with Gasteiger partial charge in [0.1, 0.15) is 11.5 Å². The number of ether oxygens (including phenoxy) is 2. The zero-order chi connectivity index (χ0) is 28.2. The number of carbonyl (C=O) groups is 1. The monoisotopic (exact) mass is 583 g/mol. The number of H-pyrrole nitrogens is 1. The molecule has 1 aliphatic rings. The number of hydrogen-bond donors (Lipinski definition) is 4. The van der Waals surface area contributed by atoms with E-state index in [1.165, 1.54) is 6.92 Å². The van der Waals surface area contributed by atoms with Gasteiger partial charge >= 0.3 is 0 Å². The summed E-state index contributed by atoms with van der Waals surface area (Å²) in [7, 11) is 0. The highest BCUT2D eigenvalue weighted by molar-refractivity contribution is 6.31. The summed E-state index contributed by atoms with van der Waals surface area (Å²) < 4.78 is 11.7. The standard InChI is InChI=1S/C30H31Cl2N3O5/c1-18(36)33-17-22(37)13-15-39-23-7-2-19(3-8-23)29-28-25(26-16-21(32)6-11-27(26)34-28)12-14-35(29)30(38)40-24-9-4-20(31)5-10-24/h2-11,16,22,29-30,34,37-38H,12-15,17H2,1H3,(H,33,36). The van der Waals surface area contributed by atoms with Crippen LogP contribution in [0, 0.1) is 0 Å². The van der Waals surface area contributed by atoms with Crippen molar-refractivity contribution in [2.45, 2.75) is 38.3 Å². The van der Waals surface area contributed by atoms with Crippen LogP contribution in [-0.2, 0) is 11.2 Å². The largest absolute Gasteiger partial charge is 0.493 e. The van der Waals surface area contributed by atoms with Gasteiger partial charge in [0.05, 0.1) is 18.8 Å². The van der Waals surface area contributed by atoms with Gasteiger partial charge in [-0.1, -0.05) is 35.3 Å². The lowest BCUT2D eigenvalue weighted by Gasteiger charge is -2.38. The second kappa shape index (κ2) is 12.5. The number of aliphatic hydroxyl groups excluding tert-OH is 2. The number of rotatable bonds is 10. The number of aliphatic hydroxyl groups is 2. The first-order valence-corrected chi connectivity index (χ1v) is 13.9. The zero-order valence-corrected chi connectivity index (χ0v) is 23.5. The number of hydrogen-bond acceptors (Lipinski definition) is 6. The summed E-state index contributed by atoms with van der Waals surface area (Å²) >= 11 is 12.3. The van der Waals surface area contributed by atoms with Crippen LogP contribution < -0.4 is 14.8 Å². The normalized spacial score (nSPS) is 16.8. The Kier molecular flexibility index (Phi) is 8.83. The van der Waals surface area contributed by atoms with E-state index in [1.54, 1.807) is 24.3 Å². The van der Waals surface area contributed by atoms with Crippen molar-refractivity contribution in [1.29, 1.82) is 0 Å². The molecule has 10 heteroatoms. The minimum Gasteiger partial charge on any atom is -0.493 e.